The van der Waals surface area contributed by atoms with E-state index in [9.17, 15) is 4.79 Å². The first-order chi connectivity index (χ1) is 12.8. The standard InChI is InChI=1S/C19H20N4O3/c24-18(12-23-16-6-2-1-5-14(16)11-21-23)22-15-8-10-25-13-17(15)26-19-7-3-4-9-20-19/h1-7,9,11,15,17H,8,10,12-13H2,(H,22,24)/t15-,17-/m1/s1. The third-order valence-corrected chi connectivity index (χ3v) is 4.40. The summed E-state index contributed by atoms with van der Waals surface area (Å²) >= 11 is 0. The average molecular weight is 352 g/mol. The Bertz CT molecular complexity index is 881. The molecule has 3 heterocycles. The van der Waals surface area contributed by atoms with Gasteiger partial charge >= 0.3 is 0 Å². The lowest BCUT2D eigenvalue weighted by Gasteiger charge is -2.32. The molecule has 2 atom stereocenters. The van der Waals surface area contributed by atoms with Crippen molar-refractivity contribution < 1.29 is 14.3 Å². The molecule has 2 aromatic heterocycles. The highest BCUT2D eigenvalue weighted by Crippen LogP contribution is 2.16. The van der Waals surface area contributed by atoms with Gasteiger partial charge in [0.1, 0.15) is 12.6 Å². The predicted octanol–water partition coefficient (Wildman–Crippen LogP) is 1.78. The number of aromatic nitrogens is 3. The van der Waals surface area contributed by atoms with E-state index in [1.165, 1.54) is 0 Å². The second-order valence-corrected chi connectivity index (χ2v) is 6.22. The maximum Gasteiger partial charge on any atom is 0.242 e. The Kier molecular flexibility index (Phi) is 4.79. The molecule has 1 amide bonds. The molecular formula is C19H20N4O3. The molecule has 0 saturated carbocycles. The first kappa shape index (κ1) is 16.5. The van der Waals surface area contributed by atoms with Gasteiger partial charge in [0.15, 0.2) is 0 Å². The van der Waals surface area contributed by atoms with Gasteiger partial charge in [-0.25, -0.2) is 4.98 Å². The molecule has 0 unspecified atom stereocenters. The lowest BCUT2D eigenvalue weighted by Crippen LogP contribution is -2.52. The van der Waals surface area contributed by atoms with E-state index in [0.29, 0.717) is 25.5 Å². The van der Waals surface area contributed by atoms with Crippen molar-refractivity contribution in [3.05, 3.63) is 54.9 Å². The van der Waals surface area contributed by atoms with Gasteiger partial charge in [-0.2, -0.15) is 5.10 Å². The summed E-state index contributed by atoms with van der Waals surface area (Å²) in [5.74, 6) is 0.431. The zero-order valence-electron chi connectivity index (χ0n) is 14.2. The van der Waals surface area contributed by atoms with Gasteiger partial charge in [-0.05, 0) is 18.6 Å². The number of hydrogen-bond donors (Lipinski definition) is 1. The van der Waals surface area contributed by atoms with Crippen LogP contribution in [0.1, 0.15) is 6.42 Å². The summed E-state index contributed by atoms with van der Waals surface area (Å²) in [6, 6.07) is 13.2. The molecule has 7 nitrogen and oxygen atoms in total. The van der Waals surface area contributed by atoms with Gasteiger partial charge in [-0.3, -0.25) is 9.48 Å². The number of carbonyl (C=O) groups excluding carboxylic acids is 1. The van der Waals surface area contributed by atoms with Crippen molar-refractivity contribution in [2.45, 2.75) is 25.1 Å². The number of ether oxygens (including phenoxy) is 2. The summed E-state index contributed by atoms with van der Waals surface area (Å²) in [5, 5.41) is 8.38. The van der Waals surface area contributed by atoms with E-state index in [1.54, 1.807) is 23.1 Å². The fourth-order valence-corrected chi connectivity index (χ4v) is 3.11. The number of para-hydroxylation sites is 1. The van der Waals surface area contributed by atoms with Gasteiger partial charge in [0.25, 0.3) is 0 Å². The van der Waals surface area contributed by atoms with Crippen LogP contribution in [-0.2, 0) is 16.1 Å². The maximum atomic E-state index is 12.5. The van der Waals surface area contributed by atoms with Gasteiger partial charge in [0.2, 0.25) is 11.8 Å². The third kappa shape index (κ3) is 3.67. The maximum absolute atomic E-state index is 12.5. The monoisotopic (exact) mass is 352 g/mol. The van der Waals surface area contributed by atoms with Gasteiger partial charge < -0.3 is 14.8 Å². The van der Waals surface area contributed by atoms with Crippen LogP contribution in [0.25, 0.3) is 10.9 Å². The van der Waals surface area contributed by atoms with E-state index in [1.807, 2.05) is 36.4 Å². The normalized spacial score (nSPS) is 20.0. The van der Waals surface area contributed by atoms with Crippen molar-refractivity contribution >= 4 is 16.8 Å². The van der Waals surface area contributed by atoms with E-state index >= 15 is 0 Å². The van der Waals surface area contributed by atoms with Crippen LogP contribution in [0.15, 0.2) is 54.9 Å². The second kappa shape index (κ2) is 7.53. The Hall–Kier alpha value is -2.93. The van der Waals surface area contributed by atoms with Crippen LogP contribution in [0.3, 0.4) is 0 Å². The summed E-state index contributed by atoms with van der Waals surface area (Å²) in [7, 11) is 0. The van der Waals surface area contributed by atoms with Crippen LogP contribution in [0.5, 0.6) is 5.88 Å². The van der Waals surface area contributed by atoms with Crippen molar-refractivity contribution in [1.29, 1.82) is 0 Å². The minimum atomic E-state index is -0.267. The smallest absolute Gasteiger partial charge is 0.242 e. The molecule has 1 saturated heterocycles. The van der Waals surface area contributed by atoms with Crippen molar-refractivity contribution in [3.8, 4) is 5.88 Å². The summed E-state index contributed by atoms with van der Waals surface area (Å²) < 4.78 is 13.1. The molecule has 1 N–H and O–H groups in total. The van der Waals surface area contributed by atoms with E-state index < -0.39 is 0 Å². The Labute approximate surface area is 150 Å². The van der Waals surface area contributed by atoms with E-state index in [4.69, 9.17) is 9.47 Å². The summed E-state index contributed by atoms with van der Waals surface area (Å²) in [5.41, 5.74) is 0.941. The molecule has 26 heavy (non-hydrogen) atoms. The largest absolute Gasteiger partial charge is 0.470 e. The fraction of sp³-hybridized carbons (Fsp3) is 0.316. The number of pyridine rings is 1. The highest BCUT2D eigenvalue weighted by molar-refractivity contribution is 5.82. The molecule has 0 bridgehead atoms. The Morgan fingerprint density at radius 2 is 2.15 bits per heavy atom. The molecule has 1 aromatic carbocycles. The summed E-state index contributed by atoms with van der Waals surface area (Å²) in [6.07, 6.45) is 3.87. The fourth-order valence-electron chi connectivity index (χ4n) is 3.11. The van der Waals surface area contributed by atoms with Gasteiger partial charge in [-0.15, -0.1) is 0 Å². The highest BCUT2D eigenvalue weighted by atomic mass is 16.5. The van der Waals surface area contributed by atoms with E-state index in [0.717, 1.165) is 10.9 Å². The first-order valence-electron chi connectivity index (χ1n) is 8.65. The molecule has 134 valence electrons. The van der Waals surface area contributed by atoms with Crippen LogP contribution in [-0.4, -0.2) is 46.0 Å². The molecule has 0 spiro atoms. The Morgan fingerprint density at radius 3 is 3.04 bits per heavy atom. The van der Waals surface area contributed by atoms with Crippen LogP contribution >= 0.6 is 0 Å². The topological polar surface area (TPSA) is 78.3 Å². The zero-order chi connectivity index (χ0) is 17.8. The van der Waals surface area contributed by atoms with Crippen molar-refractivity contribution in [3.63, 3.8) is 0 Å². The molecule has 1 aliphatic rings. The molecule has 3 aromatic rings. The molecule has 0 aliphatic carbocycles. The number of benzene rings is 1. The number of nitrogens with one attached hydrogen (secondary N) is 1. The first-order valence-corrected chi connectivity index (χ1v) is 8.65. The highest BCUT2D eigenvalue weighted by Gasteiger charge is 2.29. The minimum Gasteiger partial charge on any atom is -0.470 e. The van der Waals surface area contributed by atoms with Crippen LogP contribution < -0.4 is 10.1 Å². The van der Waals surface area contributed by atoms with Gasteiger partial charge in [0.05, 0.1) is 24.4 Å². The van der Waals surface area contributed by atoms with Crippen LogP contribution in [0, 0.1) is 0 Å². The molecule has 1 aliphatic heterocycles. The minimum absolute atomic E-state index is 0.0969. The number of nitrogens with zero attached hydrogens (tertiary/aromatic N) is 3. The second-order valence-electron chi connectivity index (χ2n) is 6.22. The number of amides is 1. The third-order valence-electron chi connectivity index (χ3n) is 4.40. The van der Waals surface area contributed by atoms with Crippen LogP contribution in [0.4, 0.5) is 0 Å². The number of rotatable bonds is 5. The van der Waals surface area contributed by atoms with E-state index in [2.05, 4.69) is 15.4 Å². The Balaban J connectivity index is 1.41. The predicted molar refractivity (Wildman–Crippen MR) is 95.8 cm³/mol. The number of hydrogen-bond acceptors (Lipinski definition) is 5. The molecule has 1 fully saturated rings. The van der Waals surface area contributed by atoms with Crippen molar-refractivity contribution in [1.82, 2.24) is 20.1 Å². The molecule has 7 heteroatoms. The molecule has 0 radical (unpaired) electrons. The van der Waals surface area contributed by atoms with Gasteiger partial charge in [0, 0.05) is 24.3 Å². The number of carbonyl (C=O) groups is 1. The summed E-state index contributed by atoms with van der Waals surface area (Å²) in [4.78, 5) is 16.7. The Morgan fingerprint density at radius 1 is 1.27 bits per heavy atom. The number of fused-ring (bicyclic) bond motifs is 1. The van der Waals surface area contributed by atoms with Crippen molar-refractivity contribution in [2.24, 2.45) is 0 Å². The quantitative estimate of drug-likeness (QED) is 0.757. The average Bonchev–Trinajstić information content (AvgIpc) is 3.07. The van der Waals surface area contributed by atoms with E-state index in [-0.39, 0.29) is 24.6 Å². The SMILES string of the molecule is O=C(Cn1ncc2ccccc21)N[C@@H]1CCOC[C@H]1Oc1ccccn1. The zero-order valence-corrected chi connectivity index (χ0v) is 14.2. The lowest BCUT2D eigenvalue weighted by atomic mass is 10.1. The van der Waals surface area contributed by atoms with Gasteiger partial charge in [-0.1, -0.05) is 24.3 Å². The molecular weight excluding hydrogens is 332 g/mol. The summed E-state index contributed by atoms with van der Waals surface area (Å²) in [6.45, 7) is 1.19. The van der Waals surface area contributed by atoms with Crippen LogP contribution in [0.2, 0.25) is 0 Å². The van der Waals surface area contributed by atoms with Crippen molar-refractivity contribution in [2.75, 3.05) is 13.2 Å². The lowest BCUT2D eigenvalue weighted by molar-refractivity contribution is -0.124. The molecule has 4 rings (SSSR count).